The van der Waals surface area contributed by atoms with Crippen molar-refractivity contribution in [2.75, 3.05) is 19.0 Å². The molecule has 1 fully saturated rings. The number of sulfonamides is 2. The second-order valence-electron chi connectivity index (χ2n) is 10.4. The van der Waals surface area contributed by atoms with Crippen molar-refractivity contribution in [3.05, 3.63) is 90.0 Å². The molecule has 244 valence electrons. The highest BCUT2D eigenvalue weighted by Gasteiger charge is 2.38. The monoisotopic (exact) mass is 670 g/mol. The summed E-state index contributed by atoms with van der Waals surface area (Å²) in [6.07, 6.45) is 0.877. The lowest BCUT2D eigenvalue weighted by atomic mass is 10.0. The van der Waals surface area contributed by atoms with Crippen LogP contribution in [-0.2, 0) is 40.8 Å². The van der Waals surface area contributed by atoms with Gasteiger partial charge in [0, 0.05) is 18.7 Å². The molecule has 2 atom stereocenters. The average molecular weight is 671 g/mol. The van der Waals surface area contributed by atoms with Crippen molar-refractivity contribution in [1.82, 2.24) is 14.9 Å². The summed E-state index contributed by atoms with van der Waals surface area (Å²) in [6, 6.07) is 16.2. The van der Waals surface area contributed by atoms with E-state index >= 15 is 0 Å². The van der Waals surface area contributed by atoms with Crippen molar-refractivity contribution in [1.29, 1.82) is 0 Å². The zero-order valence-electron chi connectivity index (χ0n) is 25.0. The lowest BCUT2D eigenvalue weighted by Gasteiger charge is -2.29. The minimum absolute atomic E-state index is 0.0362. The van der Waals surface area contributed by atoms with Crippen LogP contribution in [0, 0.1) is 6.92 Å². The van der Waals surface area contributed by atoms with Crippen LogP contribution in [0.2, 0.25) is 0 Å². The fraction of sp³-hybridized carbons (Fsp3) is 0.267. The van der Waals surface area contributed by atoms with Gasteiger partial charge in [0.25, 0.3) is 26.1 Å². The van der Waals surface area contributed by atoms with E-state index in [-0.39, 0.29) is 28.4 Å². The van der Waals surface area contributed by atoms with Gasteiger partial charge in [-0.3, -0.25) is 9.59 Å². The molecule has 1 aliphatic rings. The highest BCUT2D eigenvalue weighted by Crippen LogP contribution is 2.23. The number of carbonyl (C=O) groups excluding carboxylic acids is 3. The highest BCUT2D eigenvalue weighted by atomic mass is 32.2. The summed E-state index contributed by atoms with van der Waals surface area (Å²) < 4.78 is 60.2. The van der Waals surface area contributed by atoms with E-state index in [4.69, 9.17) is 5.73 Å². The number of hydrogen-bond acceptors (Lipinski definition) is 8. The Morgan fingerprint density at radius 1 is 0.957 bits per heavy atom. The van der Waals surface area contributed by atoms with Gasteiger partial charge >= 0.3 is 6.03 Å². The number of nitrogens with one attached hydrogen (secondary N) is 3. The Balaban J connectivity index is 1.49. The van der Waals surface area contributed by atoms with Gasteiger partial charge < -0.3 is 26.0 Å². The van der Waals surface area contributed by atoms with Crippen LogP contribution in [0.5, 0.6) is 0 Å². The van der Waals surface area contributed by atoms with Crippen LogP contribution in [0.15, 0.2) is 93.1 Å². The van der Waals surface area contributed by atoms with Crippen molar-refractivity contribution in [2.24, 2.45) is 10.1 Å². The minimum atomic E-state index is -4.23. The number of carbonyl (C=O) groups is 3. The molecule has 0 bridgehead atoms. The number of nitrogens with zero attached hydrogens (tertiary/aromatic N) is 2. The van der Waals surface area contributed by atoms with Crippen LogP contribution in [0.1, 0.15) is 24.0 Å². The van der Waals surface area contributed by atoms with Crippen LogP contribution in [-0.4, -0.2) is 71.3 Å². The molecule has 4 rings (SSSR count). The molecule has 3 aromatic rings. The van der Waals surface area contributed by atoms with E-state index in [0.29, 0.717) is 18.4 Å². The predicted octanol–water partition coefficient (Wildman–Crippen LogP) is 1.87. The molecule has 0 aromatic heterocycles. The molecule has 46 heavy (non-hydrogen) atoms. The number of methoxy groups -OCH3 is 1. The third kappa shape index (κ3) is 8.60. The largest absolute Gasteiger partial charge is 0.468 e. The van der Waals surface area contributed by atoms with Gasteiger partial charge in [-0.05, 0) is 61.7 Å². The number of amidine groups is 1. The van der Waals surface area contributed by atoms with Gasteiger partial charge in [-0.2, -0.15) is 8.42 Å². The van der Waals surface area contributed by atoms with Crippen molar-refractivity contribution in [2.45, 2.75) is 48.1 Å². The van der Waals surface area contributed by atoms with Crippen LogP contribution in [0.25, 0.3) is 0 Å². The number of anilines is 1. The Hall–Kier alpha value is -4.96. The fourth-order valence-corrected chi connectivity index (χ4v) is 6.60. The summed E-state index contributed by atoms with van der Waals surface area (Å²) in [5, 5.41) is 5.18. The third-order valence-electron chi connectivity index (χ3n) is 7.12. The molecule has 1 heterocycles. The maximum Gasteiger partial charge on any atom is 0.329 e. The number of ether oxygens (including phenoxy) is 1. The van der Waals surface area contributed by atoms with Crippen molar-refractivity contribution < 1.29 is 36.0 Å². The number of aryl methyl sites for hydroxylation is 1. The fourth-order valence-electron chi connectivity index (χ4n) is 4.78. The van der Waals surface area contributed by atoms with Gasteiger partial charge in [-0.25, -0.2) is 17.9 Å². The minimum Gasteiger partial charge on any atom is -0.468 e. The molecule has 4 amide bonds. The van der Waals surface area contributed by atoms with E-state index < -0.39 is 56.0 Å². The molecule has 0 aliphatic carbocycles. The zero-order chi connectivity index (χ0) is 33.5. The standard InChI is InChI=1S/C30H34N6O8S2/c1-20-10-14-23(15-11-20)46(42,43)35-30(39)33-25(19-21-7-4-3-5-8-21)28(38)36-18-6-9-26(36)27(37)32-22-12-16-24(17-13-22)45(40,41)34-29(31)44-2/h3-5,7-8,10-17,25-26H,6,9,18-19H2,1-2H3,(H2,31,34)(H,32,37)(H2,33,35,39)/t25-,26?/m0/s1. The van der Waals surface area contributed by atoms with Gasteiger partial charge in [0.2, 0.25) is 11.8 Å². The first-order valence-electron chi connectivity index (χ1n) is 14.1. The summed E-state index contributed by atoms with van der Waals surface area (Å²) in [5.74, 6) is -1.09. The van der Waals surface area contributed by atoms with Gasteiger partial charge in [0.1, 0.15) is 12.1 Å². The Morgan fingerprint density at radius 3 is 2.22 bits per heavy atom. The molecule has 3 aromatic carbocycles. The molecule has 16 heteroatoms. The number of rotatable bonds is 10. The maximum absolute atomic E-state index is 13.8. The summed E-state index contributed by atoms with van der Waals surface area (Å²) in [5.41, 5.74) is 7.16. The molecular weight excluding hydrogens is 636 g/mol. The molecule has 0 saturated carbocycles. The van der Waals surface area contributed by atoms with Crippen LogP contribution < -0.4 is 21.1 Å². The Kier molecular flexibility index (Phi) is 10.6. The molecule has 1 saturated heterocycles. The quantitative estimate of drug-likeness (QED) is 0.183. The average Bonchev–Trinajstić information content (AvgIpc) is 3.51. The smallest absolute Gasteiger partial charge is 0.329 e. The number of amides is 4. The summed E-state index contributed by atoms with van der Waals surface area (Å²) in [6.45, 7) is 2.02. The first-order chi connectivity index (χ1) is 21.8. The van der Waals surface area contributed by atoms with E-state index in [1.54, 1.807) is 49.4 Å². The lowest BCUT2D eigenvalue weighted by molar-refractivity contribution is -0.138. The zero-order valence-corrected chi connectivity index (χ0v) is 26.7. The van der Waals surface area contributed by atoms with Crippen LogP contribution in [0.4, 0.5) is 10.5 Å². The van der Waals surface area contributed by atoms with E-state index in [1.165, 1.54) is 48.4 Å². The Labute approximate surface area is 267 Å². The van der Waals surface area contributed by atoms with E-state index in [1.807, 2.05) is 4.72 Å². The summed E-state index contributed by atoms with van der Waals surface area (Å²) in [7, 11) is -7.18. The Morgan fingerprint density at radius 2 is 1.59 bits per heavy atom. The predicted molar refractivity (Wildman–Crippen MR) is 170 cm³/mol. The van der Waals surface area contributed by atoms with Gasteiger partial charge in [-0.15, -0.1) is 4.40 Å². The van der Waals surface area contributed by atoms with E-state index in [2.05, 4.69) is 19.8 Å². The molecule has 5 N–H and O–H groups in total. The molecule has 0 spiro atoms. The van der Waals surface area contributed by atoms with Gasteiger partial charge in [0.15, 0.2) is 0 Å². The van der Waals surface area contributed by atoms with Crippen molar-refractivity contribution >= 4 is 49.6 Å². The maximum atomic E-state index is 13.8. The topological polar surface area (TPSA) is 206 Å². The first-order valence-corrected chi connectivity index (χ1v) is 17.0. The second kappa shape index (κ2) is 14.4. The molecule has 0 radical (unpaired) electrons. The number of urea groups is 1. The SMILES string of the molecule is COC(N)=NS(=O)(=O)c1ccc(NC(=O)C2CCCN2C(=O)[C@H](Cc2ccccc2)NC(=O)NS(=O)(=O)c2ccc(C)cc2)cc1. The number of likely N-dealkylation sites (tertiary alicyclic amines) is 1. The second-order valence-corrected chi connectivity index (χ2v) is 13.7. The van der Waals surface area contributed by atoms with Crippen LogP contribution in [0.3, 0.4) is 0 Å². The summed E-state index contributed by atoms with van der Waals surface area (Å²) in [4.78, 5) is 41.1. The van der Waals surface area contributed by atoms with E-state index in [9.17, 15) is 31.2 Å². The molecule has 1 unspecified atom stereocenters. The third-order valence-corrected chi connectivity index (χ3v) is 9.76. The van der Waals surface area contributed by atoms with Crippen LogP contribution >= 0.6 is 0 Å². The van der Waals surface area contributed by atoms with Gasteiger partial charge in [0.05, 0.1) is 16.9 Å². The Bertz CT molecular complexity index is 1820. The van der Waals surface area contributed by atoms with Crippen molar-refractivity contribution in [3.63, 3.8) is 0 Å². The molecule has 1 aliphatic heterocycles. The molecule has 14 nitrogen and oxygen atoms in total. The first kappa shape index (κ1) is 33.9. The summed E-state index contributed by atoms with van der Waals surface area (Å²) >= 11 is 0. The highest BCUT2D eigenvalue weighted by molar-refractivity contribution is 7.90. The number of benzene rings is 3. The lowest BCUT2D eigenvalue weighted by Crippen LogP contribution is -2.55. The molecular formula is C30H34N6O8S2. The normalized spacial score (nSPS) is 15.9. The number of hydrogen-bond donors (Lipinski definition) is 4. The number of nitrogens with two attached hydrogens (primary N) is 1. The van der Waals surface area contributed by atoms with Gasteiger partial charge in [-0.1, -0.05) is 48.0 Å². The van der Waals surface area contributed by atoms with E-state index in [0.717, 1.165) is 5.56 Å². The van der Waals surface area contributed by atoms with Crippen molar-refractivity contribution in [3.8, 4) is 0 Å².